The molecule has 0 amide bonds. The maximum absolute atomic E-state index is 13.6. The number of nitrogens with zero attached hydrogens (tertiary/aromatic N) is 6. The Balaban J connectivity index is 1.37. The number of anilines is 1. The first-order valence-electron chi connectivity index (χ1n) is 13.2. The third-order valence-electron chi connectivity index (χ3n) is 7.42. The van der Waals surface area contributed by atoms with E-state index < -0.39 is 6.04 Å². The number of aryl methyl sites for hydroxylation is 1. The second kappa shape index (κ2) is 10.7. The van der Waals surface area contributed by atoms with Crippen molar-refractivity contribution < 1.29 is 4.74 Å². The number of pyridine rings is 1. The topological polar surface area (TPSA) is 92.2 Å². The van der Waals surface area contributed by atoms with Crippen molar-refractivity contribution in [3.63, 3.8) is 0 Å². The molecule has 9 heteroatoms. The van der Waals surface area contributed by atoms with E-state index in [0.717, 1.165) is 54.0 Å². The molecule has 0 radical (unpaired) electrons. The van der Waals surface area contributed by atoms with E-state index in [0.29, 0.717) is 17.9 Å². The maximum Gasteiger partial charge on any atom is 0.253 e. The minimum Gasteiger partial charge on any atom is -0.497 e. The second-order valence-electron chi connectivity index (χ2n) is 9.95. The molecule has 9 nitrogen and oxygen atoms in total. The Kier molecular flexibility index (Phi) is 6.81. The lowest BCUT2D eigenvalue weighted by molar-refractivity contribution is 0.200. The van der Waals surface area contributed by atoms with E-state index in [1.54, 1.807) is 11.8 Å². The average molecular weight is 522 g/mol. The van der Waals surface area contributed by atoms with Crippen molar-refractivity contribution in [3.05, 3.63) is 112 Å². The molecule has 1 fully saturated rings. The SMILES string of the molecule is COc1ccc(Cn2nnnc2C(c2cc3ccc(C)cc3[nH]c2=O)N2CCN(c3ccccc3)CC2)cc1. The minimum absolute atomic E-state index is 0.123. The van der Waals surface area contributed by atoms with Crippen LogP contribution < -0.4 is 15.2 Å². The summed E-state index contributed by atoms with van der Waals surface area (Å²) in [6.45, 7) is 5.71. The van der Waals surface area contributed by atoms with Crippen molar-refractivity contribution in [2.24, 2.45) is 0 Å². The normalized spacial score (nSPS) is 15.0. The number of benzene rings is 3. The number of fused-ring (bicyclic) bond motifs is 1. The summed E-state index contributed by atoms with van der Waals surface area (Å²) in [5.41, 5.74) is 4.70. The number of aromatic amines is 1. The number of hydrogen-bond donors (Lipinski definition) is 1. The summed E-state index contributed by atoms with van der Waals surface area (Å²) < 4.78 is 7.10. The van der Waals surface area contributed by atoms with Crippen LogP contribution in [0.1, 0.15) is 28.6 Å². The van der Waals surface area contributed by atoms with Crippen LogP contribution in [0.2, 0.25) is 0 Å². The molecule has 3 aromatic carbocycles. The molecule has 0 spiro atoms. The zero-order chi connectivity index (χ0) is 26.8. The Hall–Kier alpha value is -4.50. The molecule has 1 atom stereocenters. The molecule has 0 aliphatic carbocycles. The number of aromatic nitrogens is 5. The summed E-state index contributed by atoms with van der Waals surface area (Å²) in [7, 11) is 1.65. The van der Waals surface area contributed by atoms with Crippen LogP contribution in [0.4, 0.5) is 5.69 Å². The van der Waals surface area contributed by atoms with Gasteiger partial charge in [0, 0.05) is 42.9 Å². The van der Waals surface area contributed by atoms with Crippen molar-refractivity contribution in [3.8, 4) is 5.75 Å². The van der Waals surface area contributed by atoms with Crippen molar-refractivity contribution in [2.45, 2.75) is 19.5 Å². The first kappa shape index (κ1) is 24.8. The van der Waals surface area contributed by atoms with Gasteiger partial charge in [-0.1, -0.05) is 42.5 Å². The van der Waals surface area contributed by atoms with Gasteiger partial charge in [-0.15, -0.1) is 5.10 Å². The Bertz CT molecular complexity index is 1620. The van der Waals surface area contributed by atoms with E-state index in [-0.39, 0.29) is 5.56 Å². The highest BCUT2D eigenvalue weighted by atomic mass is 16.5. The predicted molar refractivity (Wildman–Crippen MR) is 151 cm³/mol. The van der Waals surface area contributed by atoms with E-state index >= 15 is 0 Å². The van der Waals surface area contributed by atoms with Gasteiger partial charge < -0.3 is 14.6 Å². The van der Waals surface area contributed by atoms with Crippen molar-refractivity contribution in [2.75, 3.05) is 38.2 Å². The third kappa shape index (κ3) is 5.13. The number of nitrogens with one attached hydrogen (secondary N) is 1. The molecule has 1 saturated heterocycles. The van der Waals surface area contributed by atoms with Gasteiger partial charge in [0.1, 0.15) is 11.8 Å². The van der Waals surface area contributed by atoms with Crippen LogP contribution in [0.25, 0.3) is 10.9 Å². The van der Waals surface area contributed by atoms with Crippen LogP contribution >= 0.6 is 0 Å². The largest absolute Gasteiger partial charge is 0.497 e. The summed E-state index contributed by atoms with van der Waals surface area (Å²) in [6.07, 6.45) is 0. The fourth-order valence-corrected chi connectivity index (χ4v) is 5.34. The van der Waals surface area contributed by atoms with E-state index in [4.69, 9.17) is 4.74 Å². The van der Waals surface area contributed by atoms with Crippen LogP contribution in [-0.4, -0.2) is 63.4 Å². The van der Waals surface area contributed by atoms with Gasteiger partial charge in [-0.3, -0.25) is 9.69 Å². The number of rotatable bonds is 7. The highest BCUT2D eigenvalue weighted by Gasteiger charge is 2.32. The van der Waals surface area contributed by atoms with Crippen LogP contribution in [0, 0.1) is 6.92 Å². The molecule has 2 aromatic heterocycles. The molecule has 3 heterocycles. The summed E-state index contributed by atoms with van der Waals surface area (Å²) in [6, 6.07) is 26.0. The number of para-hydroxylation sites is 1. The van der Waals surface area contributed by atoms with Gasteiger partial charge in [0.25, 0.3) is 5.56 Å². The summed E-state index contributed by atoms with van der Waals surface area (Å²) >= 11 is 0. The fraction of sp³-hybridized carbons (Fsp3) is 0.267. The second-order valence-corrected chi connectivity index (χ2v) is 9.95. The van der Waals surface area contributed by atoms with Crippen molar-refractivity contribution >= 4 is 16.6 Å². The zero-order valence-corrected chi connectivity index (χ0v) is 22.1. The quantitative estimate of drug-likeness (QED) is 0.348. The molecule has 0 saturated carbocycles. The Labute approximate surface area is 226 Å². The lowest BCUT2D eigenvalue weighted by Crippen LogP contribution is -2.49. The van der Waals surface area contributed by atoms with Crippen molar-refractivity contribution in [1.82, 2.24) is 30.1 Å². The minimum atomic E-state index is -0.398. The third-order valence-corrected chi connectivity index (χ3v) is 7.42. The lowest BCUT2D eigenvalue weighted by atomic mass is 10.0. The number of tetrazole rings is 1. The summed E-state index contributed by atoms with van der Waals surface area (Å²) in [5, 5.41) is 13.8. The van der Waals surface area contributed by atoms with Crippen LogP contribution in [0.15, 0.2) is 83.7 Å². The monoisotopic (exact) mass is 521 g/mol. The van der Waals surface area contributed by atoms with Crippen LogP contribution in [0.5, 0.6) is 5.75 Å². The Morgan fingerprint density at radius 2 is 1.72 bits per heavy atom. The summed E-state index contributed by atoms with van der Waals surface area (Å²) in [5.74, 6) is 1.44. The molecule has 198 valence electrons. The standard InChI is InChI=1S/C30H31N7O2/c1-21-8-11-23-19-26(30(38)31-27(23)18-21)28(36-16-14-35(15-17-36)24-6-4-3-5-7-24)29-32-33-34-37(29)20-22-9-12-25(39-2)13-10-22/h3-13,18-19,28H,14-17,20H2,1-2H3,(H,31,38). The van der Waals surface area contributed by atoms with Gasteiger partial charge in [0.2, 0.25) is 0 Å². The molecular formula is C30H31N7O2. The highest BCUT2D eigenvalue weighted by molar-refractivity contribution is 5.79. The maximum atomic E-state index is 13.6. The highest BCUT2D eigenvalue weighted by Crippen LogP contribution is 2.29. The molecule has 1 unspecified atom stereocenters. The molecule has 0 bridgehead atoms. The fourth-order valence-electron chi connectivity index (χ4n) is 5.34. The van der Waals surface area contributed by atoms with Gasteiger partial charge in [0.15, 0.2) is 5.82 Å². The Morgan fingerprint density at radius 3 is 2.46 bits per heavy atom. The lowest BCUT2D eigenvalue weighted by Gasteiger charge is -2.39. The molecule has 1 aliphatic heterocycles. The molecule has 1 aliphatic rings. The van der Waals surface area contributed by atoms with Gasteiger partial charge in [0.05, 0.1) is 13.7 Å². The molecule has 1 N–H and O–H groups in total. The number of H-pyrrole nitrogens is 1. The smallest absolute Gasteiger partial charge is 0.253 e. The first-order valence-corrected chi connectivity index (χ1v) is 13.2. The number of piperazine rings is 1. The summed E-state index contributed by atoms with van der Waals surface area (Å²) in [4.78, 5) is 21.4. The van der Waals surface area contributed by atoms with Gasteiger partial charge in [-0.25, -0.2) is 4.68 Å². The Morgan fingerprint density at radius 1 is 0.949 bits per heavy atom. The van der Waals surface area contributed by atoms with Gasteiger partial charge in [-0.05, 0) is 70.3 Å². The molecule has 39 heavy (non-hydrogen) atoms. The van der Waals surface area contributed by atoms with E-state index in [9.17, 15) is 4.79 Å². The van der Waals surface area contributed by atoms with E-state index in [1.165, 1.54) is 5.69 Å². The van der Waals surface area contributed by atoms with Crippen LogP contribution in [-0.2, 0) is 6.54 Å². The first-order chi connectivity index (χ1) is 19.1. The van der Waals surface area contributed by atoms with E-state index in [1.807, 2.05) is 49.4 Å². The zero-order valence-electron chi connectivity index (χ0n) is 22.1. The number of methoxy groups -OCH3 is 1. The number of ether oxygens (including phenoxy) is 1. The van der Waals surface area contributed by atoms with E-state index in [2.05, 4.69) is 66.7 Å². The molecule has 6 rings (SSSR count). The van der Waals surface area contributed by atoms with Crippen molar-refractivity contribution in [1.29, 1.82) is 0 Å². The molecular weight excluding hydrogens is 490 g/mol. The predicted octanol–water partition coefficient (Wildman–Crippen LogP) is 3.79. The van der Waals surface area contributed by atoms with Gasteiger partial charge >= 0.3 is 0 Å². The number of hydrogen-bond acceptors (Lipinski definition) is 7. The van der Waals surface area contributed by atoms with Crippen LogP contribution in [0.3, 0.4) is 0 Å². The molecule has 5 aromatic rings. The van der Waals surface area contributed by atoms with Gasteiger partial charge in [-0.2, -0.15) is 0 Å². The average Bonchev–Trinajstić information content (AvgIpc) is 3.42.